The summed E-state index contributed by atoms with van der Waals surface area (Å²) in [7, 11) is 0. The Morgan fingerprint density at radius 2 is 1.85 bits per heavy atom. The molecule has 0 aromatic rings. The molecule has 4 N–H and O–H groups in total. The smallest absolute Gasteiger partial charge is 0.309 e. The highest BCUT2D eigenvalue weighted by atomic mass is 16.4. The molecular weight excluding hydrogens is 264 g/mol. The van der Waals surface area contributed by atoms with Crippen molar-refractivity contribution in [2.75, 3.05) is 19.6 Å². The lowest BCUT2D eigenvalue weighted by atomic mass is 9.85. The Balaban J connectivity index is 2.68. The van der Waals surface area contributed by atoms with Crippen molar-refractivity contribution in [3.63, 3.8) is 0 Å². The Morgan fingerprint density at radius 1 is 1.25 bits per heavy atom. The van der Waals surface area contributed by atoms with Crippen LogP contribution in [0.1, 0.15) is 26.2 Å². The fraction of sp³-hybridized carbons (Fsp3) is 0.769. The van der Waals surface area contributed by atoms with Gasteiger partial charge in [0, 0.05) is 19.0 Å². The largest absolute Gasteiger partial charge is 0.481 e. The van der Waals surface area contributed by atoms with Crippen LogP contribution in [0.25, 0.3) is 0 Å². The number of piperidine rings is 1. The molecule has 0 bridgehead atoms. The van der Waals surface area contributed by atoms with Crippen molar-refractivity contribution >= 4 is 17.8 Å². The number of hydrogen-bond donors (Lipinski definition) is 3. The summed E-state index contributed by atoms with van der Waals surface area (Å²) in [4.78, 5) is 35.9. The lowest BCUT2D eigenvalue weighted by Gasteiger charge is -2.36. The molecule has 3 atom stereocenters. The van der Waals surface area contributed by atoms with Crippen molar-refractivity contribution in [1.29, 1.82) is 0 Å². The number of amides is 1. The minimum absolute atomic E-state index is 0.0297. The Bertz CT molecular complexity index is 385. The fourth-order valence-electron chi connectivity index (χ4n) is 2.56. The normalized spacial score (nSPS) is 24.2. The zero-order valence-electron chi connectivity index (χ0n) is 11.6. The zero-order valence-corrected chi connectivity index (χ0v) is 11.6. The van der Waals surface area contributed by atoms with Crippen molar-refractivity contribution in [1.82, 2.24) is 4.90 Å². The number of aliphatic carboxylic acids is 2. The summed E-state index contributed by atoms with van der Waals surface area (Å²) in [6.07, 6.45) is 1.58. The molecule has 0 saturated carbocycles. The van der Waals surface area contributed by atoms with E-state index < -0.39 is 23.8 Å². The van der Waals surface area contributed by atoms with Gasteiger partial charge in [0.25, 0.3) is 0 Å². The Morgan fingerprint density at radius 3 is 2.35 bits per heavy atom. The standard InChI is InChI=1S/C13H22N2O5/c1-8(3-2-5-14)11(16)15-6-4-9(12(17)18)10(7-15)13(19)20/h8-10H,2-7,14H2,1H3,(H,17,18)(H,19,20). The summed E-state index contributed by atoms with van der Waals surface area (Å²) in [5.74, 6) is -4.56. The molecule has 20 heavy (non-hydrogen) atoms. The highest BCUT2D eigenvalue weighted by molar-refractivity contribution is 5.83. The first-order chi connectivity index (χ1) is 9.38. The summed E-state index contributed by atoms with van der Waals surface area (Å²) in [6, 6.07) is 0. The number of likely N-dealkylation sites (tertiary alicyclic amines) is 1. The Kier molecular flexibility index (Phi) is 5.94. The van der Waals surface area contributed by atoms with Gasteiger partial charge in [0.1, 0.15) is 0 Å². The molecule has 1 saturated heterocycles. The number of hydrogen-bond acceptors (Lipinski definition) is 4. The summed E-state index contributed by atoms with van der Waals surface area (Å²) >= 11 is 0. The molecule has 1 heterocycles. The van der Waals surface area contributed by atoms with Gasteiger partial charge in [-0.05, 0) is 25.8 Å². The average molecular weight is 286 g/mol. The molecule has 7 nitrogen and oxygen atoms in total. The van der Waals surface area contributed by atoms with Crippen molar-refractivity contribution in [2.24, 2.45) is 23.5 Å². The topological polar surface area (TPSA) is 121 Å². The molecule has 0 spiro atoms. The maximum absolute atomic E-state index is 12.2. The molecular formula is C13H22N2O5. The molecule has 1 aliphatic rings. The van der Waals surface area contributed by atoms with E-state index in [1.54, 1.807) is 6.92 Å². The van der Waals surface area contributed by atoms with Gasteiger partial charge in [-0.3, -0.25) is 14.4 Å². The van der Waals surface area contributed by atoms with Gasteiger partial charge < -0.3 is 20.8 Å². The minimum Gasteiger partial charge on any atom is -0.481 e. The van der Waals surface area contributed by atoms with Gasteiger partial charge in [-0.15, -0.1) is 0 Å². The van der Waals surface area contributed by atoms with Crippen molar-refractivity contribution in [2.45, 2.75) is 26.2 Å². The van der Waals surface area contributed by atoms with E-state index >= 15 is 0 Å². The number of carbonyl (C=O) groups excluding carboxylic acids is 1. The molecule has 0 aromatic heterocycles. The zero-order chi connectivity index (χ0) is 15.3. The maximum Gasteiger partial charge on any atom is 0.309 e. The predicted octanol–water partition coefficient (Wildman–Crippen LogP) is -0.00470. The minimum atomic E-state index is -1.16. The molecule has 114 valence electrons. The van der Waals surface area contributed by atoms with Crippen LogP contribution in [0.4, 0.5) is 0 Å². The monoisotopic (exact) mass is 286 g/mol. The quantitative estimate of drug-likeness (QED) is 0.631. The van der Waals surface area contributed by atoms with Crippen LogP contribution in [0.5, 0.6) is 0 Å². The Hall–Kier alpha value is -1.63. The highest BCUT2D eigenvalue weighted by Crippen LogP contribution is 2.26. The van der Waals surface area contributed by atoms with Crippen LogP contribution in [0, 0.1) is 17.8 Å². The number of carboxylic acids is 2. The maximum atomic E-state index is 12.2. The first-order valence-corrected chi connectivity index (χ1v) is 6.83. The third kappa shape index (κ3) is 3.93. The van der Waals surface area contributed by atoms with Crippen LogP contribution in [0.2, 0.25) is 0 Å². The molecule has 1 aliphatic heterocycles. The molecule has 7 heteroatoms. The van der Waals surface area contributed by atoms with Crippen LogP contribution in [-0.4, -0.2) is 52.6 Å². The summed E-state index contributed by atoms with van der Waals surface area (Å²) in [5.41, 5.74) is 5.40. The molecule has 1 fully saturated rings. The number of rotatable bonds is 6. The summed E-state index contributed by atoms with van der Waals surface area (Å²) in [6.45, 7) is 2.57. The van der Waals surface area contributed by atoms with Crippen LogP contribution >= 0.6 is 0 Å². The van der Waals surface area contributed by atoms with Gasteiger partial charge in [-0.2, -0.15) is 0 Å². The summed E-state index contributed by atoms with van der Waals surface area (Å²) < 4.78 is 0. The lowest BCUT2D eigenvalue weighted by Crippen LogP contribution is -2.49. The number of nitrogens with two attached hydrogens (primary N) is 1. The first-order valence-electron chi connectivity index (χ1n) is 6.83. The predicted molar refractivity (Wildman–Crippen MR) is 70.9 cm³/mol. The van der Waals surface area contributed by atoms with E-state index in [1.165, 1.54) is 4.90 Å². The van der Waals surface area contributed by atoms with Crippen molar-refractivity contribution in [3.8, 4) is 0 Å². The van der Waals surface area contributed by atoms with Gasteiger partial charge in [0.05, 0.1) is 11.8 Å². The van der Waals surface area contributed by atoms with Gasteiger partial charge >= 0.3 is 11.9 Å². The van der Waals surface area contributed by atoms with Gasteiger partial charge in [0.2, 0.25) is 5.91 Å². The molecule has 1 rings (SSSR count). The van der Waals surface area contributed by atoms with E-state index in [9.17, 15) is 14.4 Å². The number of carbonyl (C=O) groups is 3. The first kappa shape index (κ1) is 16.4. The van der Waals surface area contributed by atoms with E-state index in [4.69, 9.17) is 15.9 Å². The molecule has 0 aromatic carbocycles. The van der Waals surface area contributed by atoms with Crippen molar-refractivity contribution in [3.05, 3.63) is 0 Å². The van der Waals surface area contributed by atoms with Gasteiger partial charge in [0.15, 0.2) is 0 Å². The number of nitrogens with zero attached hydrogens (tertiary/aromatic N) is 1. The third-order valence-corrected chi connectivity index (χ3v) is 3.82. The lowest BCUT2D eigenvalue weighted by molar-refractivity contribution is -0.159. The molecule has 0 radical (unpaired) electrons. The molecule has 0 aliphatic carbocycles. The van der Waals surface area contributed by atoms with E-state index in [-0.39, 0.29) is 24.8 Å². The van der Waals surface area contributed by atoms with Gasteiger partial charge in [-0.25, -0.2) is 0 Å². The SMILES string of the molecule is CC(CCCN)C(=O)N1CCC(C(=O)O)C(C(=O)O)C1. The van der Waals surface area contributed by atoms with E-state index in [2.05, 4.69) is 0 Å². The second-order valence-electron chi connectivity index (χ2n) is 5.29. The van der Waals surface area contributed by atoms with Crippen LogP contribution in [0.3, 0.4) is 0 Å². The number of carboxylic acid groups (broad SMARTS) is 2. The van der Waals surface area contributed by atoms with E-state index in [1.807, 2.05) is 0 Å². The average Bonchev–Trinajstić information content (AvgIpc) is 2.42. The molecule has 3 unspecified atom stereocenters. The fourth-order valence-corrected chi connectivity index (χ4v) is 2.56. The van der Waals surface area contributed by atoms with Crippen LogP contribution in [-0.2, 0) is 14.4 Å². The van der Waals surface area contributed by atoms with E-state index in [0.29, 0.717) is 19.5 Å². The van der Waals surface area contributed by atoms with E-state index in [0.717, 1.165) is 6.42 Å². The van der Waals surface area contributed by atoms with Gasteiger partial charge in [-0.1, -0.05) is 6.92 Å². The highest BCUT2D eigenvalue weighted by Gasteiger charge is 2.40. The molecule has 1 amide bonds. The van der Waals surface area contributed by atoms with Crippen LogP contribution < -0.4 is 5.73 Å². The van der Waals surface area contributed by atoms with Crippen molar-refractivity contribution < 1.29 is 24.6 Å². The third-order valence-electron chi connectivity index (χ3n) is 3.82. The second-order valence-corrected chi connectivity index (χ2v) is 5.29. The van der Waals surface area contributed by atoms with Crippen LogP contribution in [0.15, 0.2) is 0 Å². The second kappa shape index (κ2) is 7.23. The Labute approximate surface area is 117 Å². The summed E-state index contributed by atoms with van der Waals surface area (Å²) in [5, 5.41) is 18.1.